The Kier molecular flexibility index (Phi) is 9.50. The van der Waals surface area contributed by atoms with Gasteiger partial charge < -0.3 is 9.47 Å². The van der Waals surface area contributed by atoms with E-state index >= 15 is 0 Å². The molecule has 0 saturated carbocycles. The lowest BCUT2D eigenvalue weighted by atomic mass is 10.0. The number of nitrogens with zero attached hydrogens (tertiary/aromatic N) is 2. The predicted octanol–water partition coefficient (Wildman–Crippen LogP) is 8.95. The van der Waals surface area contributed by atoms with Crippen LogP contribution in [0.1, 0.15) is 48.2 Å². The number of aliphatic imine (C=N–C) groups is 2. The first kappa shape index (κ1) is 30.5. The molecule has 0 aliphatic carbocycles. The molecule has 4 aromatic rings. The Labute approximate surface area is 268 Å². The van der Waals surface area contributed by atoms with E-state index in [1.165, 1.54) is 36.4 Å². The topological polar surface area (TPSA) is 43.2 Å². The second-order valence-corrected chi connectivity index (χ2v) is 12.2. The molecule has 0 aromatic heterocycles. The fourth-order valence-electron chi connectivity index (χ4n) is 4.67. The summed E-state index contributed by atoms with van der Waals surface area (Å²) in [5.74, 6) is -2.59. The van der Waals surface area contributed by atoms with Gasteiger partial charge in [-0.2, -0.15) is 0 Å². The normalized spacial score (nSPS) is 21.0. The van der Waals surface area contributed by atoms with Gasteiger partial charge in [-0.05, 0) is 119 Å². The van der Waals surface area contributed by atoms with Crippen LogP contribution in [0.3, 0.4) is 0 Å². The number of halogens is 6. The Balaban J connectivity index is 0.000000168. The highest BCUT2D eigenvalue weighted by Gasteiger charge is 2.33. The molecule has 0 saturated heterocycles. The van der Waals surface area contributed by atoms with E-state index in [1.54, 1.807) is 0 Å². The SMILES string of the molecule is C[C@@H]1OC(c2c(F)cccc2F)=N[C@@H]1c1ccc(I)cc1.C[C@H]1OC(c2c(F)cccc2F)=N[C@H]1c1ccc(I)cc1. The Morgan fingerprint density at radius 1 is 0.524 bits per heavy atom. The van der Waals surface area contributed by atoms with Crippen LogP contribution in [0.2, 0.25) is 0 Å². The number of hydrogen-bond donors (Lipinski definition) is 0. The van der Waals surface area contributed by atoms with Gasteiger partial charge in [0.25, 0.3) is 0 Å². The first-order chi connectivity index (χ1) is 20.1. The molecule has 0 amide bonds. The van der Waals surface area contributed by atoms with Gasteiger partial charge in [-0.1, -0.05) is 36.4 Å². The molecule has 2 aliphatic heterocycles. The molecular weight excluding hydrogens is 774 g/mol. The molecule has 10 heteroatoms. The van der Waals surface area contributed by atoms with Crippen molar-refractivity contribution in [2.75, 3.05) is 0 Å². The summed E-state index contributed by atoms with van der Waals surface area (Å²) in [6, 6.07) is 22.7. The molecule has 42 heavy (non-hydrogen) atoms. The number of ether oxygens (including phenoxy) is 2. The van der Waals surface area contributed by atoms with Crippen LogP contribution in [-0.4, -0.2) is 24.0 Å². The van der Waals surface area contributed by atoms with Crippen LogP contribution < -0.4 is 0 Å². The summed E-state index contributed by atoms with van der Waals surface area (Å²) in [6.07, 6.45) is -0.530. The summed E-state index contributed by atoms with van der Waals surface area (Å²) in [4.78, 5) is 8.75. The van der Waals surface area contributed by atoms with E-state index in [1.807, 2.05) is 62.4 Å². The van der Waals surface area contributed by atoms with Crippen LogP contribution in [0, 0.1) is 30.4 Å². The zero-order valence-corrected chi connectivity index (χ0v) is 26.7. The van der Waals surface area contributed by atoms with Gasteiger partial charge in [-0.3, -0.25) is 0 Å². The molecule has 0 unspecified atom stereocenters. The standard InChI is InChI=1S/2C16H12F2INO/c2*1-9-15(10-5-7-11(19)8-6-10)20-16(21-9)14-12(17)3-2-4-13(14)18/h2*2-9,15H,1H3/t2*9-,15-/m10/s1. The number of hydrogen-bond acceptors (Lipinski definition) is 4. The van der Waals surface area contributed by atoms with Crippen molar-refractivity contribution >= 4 is 57.0 Å². The molecule has 6 rings (SSSR count). The van der Waals surface area contributed by atoms with Crippen molar-refractivity contribution in [3.8, 4) is 0 Å². The Hall–Kier alpha value is -3.00. The Morgan fingerprint density at radius 3 is 1.14 bits per heavy atom. The molecule has 0 bridgehead atoms. The third-order valence-electron chi connectivity index (χ3n) is 6.77. The van der Waals surface area contributed by atoms with Crippen LogP contribution >= 0.6 is 45.2 Å². The lowest BCUT2D eigenvalue weighted by molar-refractivity contribution is 0.212. The van der Waals surface area contributed by atoms with Crippen molar-refractivity contribution in [3.05, 3.63) is 138 Å². The highest BCUT2D eigenvalue weighted by molar-refractivity contribution is 14.1. The quantitative estimate of drug-likeness (QED) is 0.153. The molecule has 0 fully saturated rings. The molecule has 216 valence electrons. The summed E-state index contributed by atoms with van der Waals surface area (Å²) in [6.45, 7) is 3.69. The van der Waals surface area contributed by atoms with E-state index in [4.69, 9.17) is 9.47 Å². The summed E-state index contributed by atoms with van der Waals surface area (Å²) >= 11 is 4.44. The molecule has 2 aliphatic rings. The van der Waals surface area contributed by atoms with Crippen molar-refractivity contribution in [2.45, 2.75) is 38.1 Å². The van der Waals surface area contributed by atoms with Gasteiger partial charge in [-0.25, -0.2) is 27.5 Å². The van der Waals surface area contributed by atoms with Gasteiger partial charge >= 0.3 is 0 Å². The molecule has 2 heterocycles. The van der Waals surface area contributed by atoms with Gasteiger partial charge in [0.1, 0.15) is 58.7 Å². The van der Waals surface area contributed by atoms with Gasteiger partial charge in [0.2, 0.25) is 11.8 Å². The number of rotatable bonds is 4. The highest BCUT2D eigenvalue weighted by atomic mass is 127. The smallest absolute Gasteiger partial charge is 0.223 e. The summed E-state index contributed by atoms with van der Waals surface area (Å²) in [5.41, 5.74) is 1.54. The third-order valence-corrected chi connectivity index (χ3v) is 8.21. The monoisotopic (exact) mass is 798 g/mol. The Bertz CT molecular complexity index is 1480. The van der Waals surface area contributed by atoms with E-state index in [0.29, 0.717) is 0 Å². The molecule has 0 N–H and O–H groups in total. The minimum atomic E-state index is -0.663. The molecule has 0 radical (unpaired) electrons. The first-order valence-corrected chi connectivity index (χ1v) is 15.2. The zero-order valence-electron chi connectivity index (χ0n) is 22.4. The van der Waals surface area contributed by atoms with Crippen LogP contribution in [0.5, 0.6) is 0 Å². The minimum absolute atomic E-state index is 0.0293. The van der Waals surface area contributed by atoms with E-state index < -0.39 is 23.3 Å². The maximum Gasteiger partial charge on any atom is 0.223 e. The third kappa shape index (κ3) is 6.64. The number of benzene rings is 4. The average molecular weight is 798 g/mol. The van der Waals surface area contributed by atoms with E-state index in [2.05, 4.69) is 55.2 Å². The molecule has 4 aromatic carbocycles. The van der Waals surface area contributed by atoms with Gasteiger partial charge in [0, 0.05) is 7.14 Å². The van der Waals surface area contributed by atoms with Gasteiger partial charge in [0.15, 0.2) is 0 Å². The van der Waals surface area contributed by atoms with Crippen molar-refractivity contribution < 1.29 is 27.0 Å². The average Bonchev–Trinajstić information content (AvgIpc) is 3.52. The summed E-state index contributed by atoms with van der Waals surface area (Å²) in [7, 11) is 0. The van der Waals surface area contributed by atoms with Crippen molar-refractivity contribution in [1.82, 2.24) is 0 Å². The maximum atomic E-state index is 13.8. The minimum Gasteiger partial charge on any atom is -0.472 e. The first-order valence-electron chi connectivity index (χ1n) is 13.0. The van der Waals surface area contributed by atoms with Crippen molar-refractivity contribution in [2.24, 2.45) is 9.98 Å². The van der Waals surface area contributed by atoms with Crippen molar-refractivity contribution in [1.29, 1.82) is 0 Å². The van der Waals surface area contributed by atoms with Gasteiger partial charge in [0.05, 0.1) is 0 Å². The van der Waals surface area contributed by atoms with E-state index in [-0.39, 0.29) is 47.2 Å². The summed E-state index contributed by atoms with van der Waals surface area (Å²) in [5, 5.41) is 0. The lowest BCUT2D eigenvalue weighted by Gasteiger charge is -2.13. The fraction of sp³-hybridized carbons (Fsp3) is 0.188. The fourth-order valence-corrected chi connectivity index (χ4v) is 5.39. The largest absolute Gasteiger partial charge is 0.472 e. The zero-order chi connectivity index (χ0) is 30.0. The van der Waals surface area contributed by atoms with E-state index in [0.717, 1.165) is 18.3 Å². The van der Waals surface area contributed by atoms with Crippen molar-refractivity contribution in [3.63, 3.8) is 0 Å². The van der Waals surface area contributed by atoms with Crippen LogP contribution in [0.25, 0.3) is 0 Å². The van der Waals surface area contributed by atoms with Crippen LogP contribution in [0.4, 0.5) is 17.6 Å². The predicted molar refractivity (Wildman–Crippen MR) is 171 cm³/mol. The molecule has 0 spiro atoms. The maximum absolute atomic E-state index is 13.8. The summed E-state index contributed by atoms with van der Waals surface area (Å²) < 4.78 is 68.6. The molecular formula is C32H24F4I2N2O2. The molecule has 4 atom stereocenters. The second-order valence-electron chi connectivity index (χ2n) is 9.70. The second kappa shape index (κ2) is 13.1. The van der Waals surface area contributed by atoms with Crippen LogP contribution in [-0.2, 0) is 9.47 Å². The van der Waals surface area contributed by atoms with Crippen LogP contribution in [0.15, 0.2) is 94.9 Å². The lowest BCUT2D eigenvalue weighted by Crippen LogP contribution is -2.14. The highest BCUT2D eigenvalue weighted by Crippen LogP contribution is 2.33. The Morgan fingerprint density at radius 2 is 0.833 bits per heavy atom. The van der Waals surface area contributed by atoms with E-state index in [9.17, 15) is 17.6 Å². The molecule has 4 nitrogen and oxygen atoms in total. The van der Waals surface area contributed by atoms with Gasteiger partial charge in [-0.15, -0.1) is 0 Å².